The summed E-state index contributed by atoms with van der Waals surface area (Å²) < 4.78 is 1.21. The number of benzene rings is 2. The van der Waals surface area contributed by atoms with Crippen molar-refractivity contribution in [1.29, 1.82) is 0 Å². The first-order chi connectivity index (χ1) is 12.7. The minimum absolute atomic E-state index is 0.179. The highest BCUT2D eigenvalue weighted by Gasteiger charge is 2.34. The molecule has 5 heteroatoms. The topological polar surface area (TPSA) is 37.6 Å². The maximum absolute atomic E-state index is 13.2. The van der Waals surface area contributed by atoms with E-state index >= 15 is 0 Å². The van der Waals surface area contributed by atoms with Gasteiger partial charge in [-0.1, -0.05) is 42.5 Å². The molecule has 1 saturated heterocycles. The summed E-state index contributed by atoms with van der Waals surface area (Å²) in [7, 11) is 2.11. The third-order valence-corrected chi connectivity index (χ3v) is 6.10. The fourth-order valence-corrected chi connectivity index (χ4v) is 4.80. The average Bonchev–Trinajstić information content (AvgIpc) is 3.32. The van der Waals surface area contributed by atoms with Gasteiger partial charge in [0, 0.05) is 18.7 Å². The van der Waals surface area contributed by atoms with Gasteiger partial charge in [0.2, 0.25) is 0 Å². The molecule has 0 saturated carbocycles. The first-order valence-electron chi connectivity index (χ1n) is 9.23. The summed E-state index contributed by atoms with van der Waals surface area (Å²) in [4.78, 5) is 21.2. The lowest BCUT2D eigenvalue weighted by Gasteiger charge is -2.27. The Balaban J connectivity index is 1.60. The number of nitrogens with one attached hydrogen (secondary N) is 1. The number of quaternary nitrogens is 1. The molecule has 1 aliphatic rings. The Morgan fingerprint density at radius 2 is 1.81 bits per heavy atom. The van der Waals surface area contributed by atoms with Gasteiger partial charge < -0.3 is 9.80 Å². The van der Waals surface area contributed by atoms with Gasteiger partial charge in [-0.05, 0) is 25.0 Å². The van der Waals surface area contributed by atoms with E-state index in [4.69, 9.17) is 4.98 Å². The normalized spacial score (nSPS) is 16.7. The van der Waals surface area contributed by atoms with Crippen molar-refractivity contribution in [1.82, 2.24) is 9.88 Å². The smallest absolute Gasteiger partial charge is 0.285 e. The van der Waals surface area contributed by atoms with Gasteiger partial charge in [0.15, 0.2) is 6.04 Å². The summed E-state index contributed by atoms with van der Waals surface area (Å²) >= 11 is 1.73. The zero-order valence-electron chi connectivity index (χ0n) is 15.0. The molecule has 1 amide bonds. The van der Waals surface area contributed by atoms with Crippen LogP contribution in [0.1, 0.15) is 29.5 Å². The van der Waals surface area contributed by atoms with Crippen LogP contribution in [0.5, 0.6) is 0 Å². The quantitative estimate of drug-likeness (QED) is 0.754. The second kappa shape index (κ2) is 7.56. The van der Waals surface area contributed by atoms with Gasteiger partial charge in [-0.2, -0.15) is 0 Å². The molecule has 1 aromatic heterocycles. The Kier molecular flexibility index (Phi) is 5.00. The number of thiazole rings is 1. The van der Waals surface area contributed by atoms with E-state index in [1.54, 1.807) is 11.3 Å². The molecule has 0 spiro atoms. The Bertz CT molecular complexity index is 853. The predicted octanol–water partition coefficient (Wildman–Crippen LogP) is 2.67. The van der Waals surface area contributed by atoms with Gasteiger partial charge in [0.05, 0.1) is 17.3 Å². The zero-order chi connectivity index (χ0) is 17.9. The number of aromatic nitrogens is 1. The Morgan fingerprint density at radius 1 is 1.12 bits per heavy atom. The van der Waals surface area contributed by atoms with E-state index in [1.807, 2.05) is 35.2 Å². The summed E-state index contributed by atoms with van der Waals surface area (Å²) in [5.74, 6) is 0.243. The monoisotopic (exact) mass is 366 g/mol. The number of amides is 1. The van der Waals surface area contributed by atoms with E-state index in [0.717, 1.165) is 48.6 Å². The fraction of sp³-hybridized carbons (Fsp3) is 0.333. The van der Waals surface area contributed by atoms with Crippen LogP contribution in [-0.2, 0) is 11.3 Å². The summed E-state index contributed by atoms with van der Waals surface area (Å²) in [5, 5.41) is 1.08. The number of fused-ring (bicyclic) bond motifs is 1. The Morgan fingerprint density at radius 3 is 2.54 bits per heavy atom. The number of hydrogen-bond acceptors (Lipinski definition) is 3. The van der Waals surface area contributed by atoms with Crippen LogP contribution >= 0.6 is 11.3 Å². The molecule has 1 N–H and O–H groups in total. The number of carbonyl (C=O) groups is 1. The number of carbonyl (C=O) groups excluding carboxylic acids is 1. The SMILES string of the molecule is C[NH+](Cc1nc2ccccc2s1)[C@@H](C(=O)N1CCCC1)c1ccccc1. The van der Waals surface area contributed by atoms with E-state index in [0.29, 0.717) is 0 Å². The predicted molar refractivity (Wildman–Crippen MR) is 105 cm³/mol. The average molecular weight is 367 g/mol. The zero-order valence-corrected chi connectivity index (χ0v) is 15.8. The van der Waals surface area contributed by atoms with Gasteiger partial charge in [0.1, 0.15) is 11.6 Å². The summed E-state index contributed by atoms with van der Waals surface area (Å²) in [6.45, 7) is 2.52. The molecule has 26 heavy (non-hydrogen) atoms. The van der Waals surface area contributed by atoms with Gasteiger partial charge in [-0.25, -0.2) is 4.98 Å². The number of para-hydroxylation sites is 1. The van der Waals surface area contributed by atoms with Gasteiger partial charge >= 0.3 is 0 Å². The van der Waals surface area contributed by atoms with Crippen molar-refractivity contribution in [2.24, 2.45) is 0 Å². The summed E-state index contributed by atoms with van der Waals surface area (Å²) in [6.07, 6.45) is 2.23. The maximum atomic E-state index is 13.2. The number of likely N-dealkylation sites (tertiary alicyclic amines) is 1. The van der Waals surface area contributed by atoms with Crippen molar-refractivity contribution >= 4 is 27.5 Å². The fourth-order valence-electron chi connectivity index (χ4n) is 3.74. The van der Waals surface area contributed by atoms with E-state index in [-0.39, 0.29) is 11.9 Å². The molecule has 0 radical (unpaired) electrons. The van der Waals surface area contributed by atoms with Crippen LogP contribution in [0.3, 0.4) is 0 Å². The number of rotatable bonds is 5. The Hall–Kier alpha value is -2.24. The van der Waals surface area contributed by atoms with E-state index in [9.17, 15) is 4.79 Å². The highest BCUT2D eigenvalue weighted by Crippen LogP contribution is 2.22. The second-order valence-electron chi connectivity index (χ2n) is 6.97. The lowest BCUT2D eigenvalue weighted by atomic mass is 10.0. The van der Waals surface area contributed by atoms with Crippen LogP contribution in [0.25, 0.3) is 10.2 Å². The molecule has 1 unspecified atom stereocenters. The third kappa shape index (κ3) is 3.50. The van der Waals surface area contributed by atoms with Crippen molar-refractivity contribution < 1.29 is 9.69 Å². The number of likely N-dealkylation sites (N-methyl/N-ethyl adjacent to an activating group) is 1. The van der Waals surface area contributed by atoms with Crippen molar-refractivity contribution in [3.05, 3.63) is 65.2 Å². The maximum Gasteiger partial charge on any atom is 0.285 e. The molecule has 0 aliphatic carbocycles. The lowest BCUT2D eigenvalue weighted by Crippen LogP contribution is -3.09. The molecule has 1 aliphatic heterocycles. The highest BCUT2D eigenvalue weighted by molar-refractivity contribution is 7.18. The second-order valence-corrected chi connectivity index (χ2v) is 8.09. The summed E-state index contributed by atoms with van der Waals surface area (Å²) in [5.41, 5.74) is 2.13. The van der Waals surface area contributed by atoms with Gasteiger partial charge in [0.25, 0.3) is 5.91 Å². The molecule has 1 fully saturated rings. The number of hydrogen-bond donors (Lipinski definition) is 1. The first-order valence-corrected chi connectivity index (χ1v) is 10.0. The van der Waals surface area contributed by atoms with Gasteiger partial charge in [-0.15, -0.1) is 11.3 Å². The molecule has 2 aromatic carbocycles. The lowest BCUT2D eigenvalue weighted by molar-refractivity contribution is -0.916. The van der Waals surface area contributed by atoms with Crippen molar-refractivity contribution in [2.45, 2.75) is 25.4 Å². The minimum Gasteiger partial charge on any atom is -0.337 e. The number of nitrogens with zero attached hydrogens (tertiary/aromatic N) is 2. The summed E-state index contributed by atoms with van der Waals surface area (Å²) in [6, 6.07) is 18.2. The largest absolute Gasteiger partial charge is 0.337 e. The van der Waals surface area contributed by atoms with Crippen LogP contribution < -0.4 is 4.90 Å². The van der Waals surface area contributed by atoms with Crippen LogP contribution in [0.15, 0.2) is 54.6 Å². The van der Waals surface area contributed by atoms with Gasteiger partial charge in [-0.3, -0.25) is 4.79 Å². The Labute approximate surface area is 158 Å². The van der Waals surface area contributed by atoms with Crippen LogP contribution in [0, 0.1) is 0 Å². The van der Waals surface area contributed by atoms with E-state index < -0.39 is 0 Å². The standard InChI is InChI=1S/C21H23N3OS/c1-23(15-19-22-17-11-5-6-12-18(17)26-19)20(16-9-3-2-4-10-16)21(25)24-13-7-8-14-24/h2-6,9-12,20H,7-8,13-15H2,1H3/p+1/t20-/m1/s1. The molecule has 4 nitrogen and oxygen atoms in total. The minimum atomic E-state index is -0.179. The molecule has 2 atom stereocenters. The van der Waals surface area contributed by atoms with E-state index in [2.05, 4.69) is 31.3 Å². The molecule has 2 heterocycles. The van der Waals surface area contributed by atoms with Crippen LogP contribution in [-0.4, -0.2) is 35.9 Å². The molecule has 134 valence electrons. The van der Waals surface area contributed by atoms with Crippen LogP contribution in [0.4, 0.5) is 0 Å². The third-order valence-electron chi connectivity index (χ3n) is 5.06. The van der Waals surface area contributed by atoms with Crippen molar-refractivity contribution in [2.75, 3.05) is 20.1 Å². The van der Waals surface area contributed by atoms with E-state index in [1.165, 1.54) is 9.60 Å². The molecule has 4 rings (SSSR count). The van der Waals surface area contributed by atoms with Crippen molar-refractivity contribution in [3.63, 3.8) is 0 Å². The molecular formula is C21H24N3OS+. The van der Waals surface area contributed by atoms with Crippen LogP contribution in [0.2, 0.25) is 0 Å². The molecular weight excluding hydrogens is 342 g/mol. The highest BCUT2D eigenvalue weighted by atomic mass is 32.1. The molecule has 3 aromatic rings. The first kappa shape index (κ1) is 17.2. The van der Waals surface area contributed by atoms with Crippen molar-refractivity contribution in [3.8, 4) is 0 Å². The molecule has 0 bridgehead atoms.